The number of carbonyl (C=O) groups is 2. The maximum absolute atomic E-state index is 11.9. The zero-order valence-corrected chi connectivity index (χ0v) is 13.1. The van der Waals surface area contributed by atoms with Gasteiger partial charge in [-0.15, -0.1) is 11.3 Å². The van der Waals surface area contributed by atoms with Crippen molar-refractivity contribution in [2.75, 3.05) is 10.6 Å². The molecule has 3 rings (SSSR count). The fraction of sp³-hybridized carbons (Fsp3) is 0.312. The molecule has 0 aliphatic heterocycles. The van der Waals surface area contributed by atoms with Gasteiger partial charge in [-0.1, -0.05) is 0 Å². The first kappa shape index (κ1) is 14.7. The summed E-state index contributed by atoms with van der Waals surface area (Å²) in [5, 5.41) is 8.55. The summed E-state index contributed by atoms with van der Waals surface area (Å²) in [6.07, 6.45) is 2.23. The van der Waals surface area contributed by atoms with E-state index < -0.39 is 0 Å². The molecule has 22 heavy (non-hydrogen) atoms. The topological polar surface area (TPSA) is 71.1 Å². The second kappa shape index (κ2) is 6.27. The van der Waals surface area contributed by atoms with Crippen molar-refractivity contribution >= 4 is 34.5 Å². The molecule has 2 amide bonds. The van der Waals surface area contributed by atoms with E-state index in [-0.39, 0.29) is 24.2 Å². The van der Waals surface area contributed by atoms with Crippen LogP contribution in [0.3, 0.4) is 0 Å². The van der Waals surface area contributed by atoms with Crippen LogP contribution in [0.25, 0.3) is 0 Å². The molecule has 1 saturated carbocycles. The van der Waals surface area contributed by atoms with Gasteiger partial charge in [0.1, 0.15) is 0 Å². The number of thiazole rings is 1. The van der Waals surface area contributed by atoms with Gasteiger partial charge in [0.15, 0.2) is 0 Å². The number of rotatable bonds is 5. The van der Waals surface area contributed by atoms with Gasteiger partial charge in [0.05, 0.1) is 17.1 Å². The van der Waals surface area contributed by atoms with E-state index in [0.29, 0.717) is 5.69 Å². The number of hydrogen-bond acceptors (Lipinski definition) is 4. The predicted molar refractivity (Wildman–Crippen MR) is 87.0 cm³/mol. The first-order chi connectivity index (χ1) is 10.6. The Morgan fingerprint density at radius 2 is 1.82 bits per heavy atom. The van der Waals surface area contributed by atoms with Crippen molar-refractivity contribution < 1.29 is 9.59 Å². The van der Waals surface area contributed by atoms with Gasteiger partial charge >= 0.3 is 0 Å². The molecule has 5 nitrogen and oxygen atoms in total. The number of aryl methyl sites for hydroxylation is 1. The zero-order valence-electron chi connectivity index (χ0n) is 12.3. The molecule has 2 N–H and O–H groups in total. The average molecular weight is 315 g/mol. The van der Waals surface area contributed by atoms with Crippen molar-refractivity contribution in [3.63, 3.8) is 0 Å². The number of nitrogens with zero attached hydrogens (tertiary/aromatic N) is 1. The third kappa shape index (κ3) is 3.92. The molecule has 1 heterocycles. The standard InChI is InChI=1S/C16H17N3O2S/c1-10-17-14(9-22-10)8-15(20)18-12-4-6-13(7-5-12)19-16(21)11-2-3-11/h4-7,9,11H,2-3,8H2,1H3,(H,18,20)(H,19,21). The molecule has 0 saturated heterocycles. The predicted octanol–water partition coefficient (Wildman–Crippen LogP) is 2.98. The van der Waals surface area contributed by atoms with E-state index in [0.717, 1.165) is 29.2 Å². The smallest absolute Gasteiger partial charge is 0.230 e. The zero-order chi connectivity index (χ0) is 15.5. The second-order valence-electron chi connectivity index (χ2n) is 5.42. The Kier molecular flexibility index (Phi) is 4.20. The van der Waals surface area contributed by atoms with Crippen LogP contribution in [-0.2, 0) is 16.0 Å². The normalized spacial score (nSPS) is 13.7. The molecule has 2 aromatic rings. The van der Waals surface area contributed by atoms with Gasteiger partial charge in [-0.05, 0) is 44.0 Å². The minimum atomic E-state index is -0.0972. The van der Waals surface area contributed by atoms with E-state index in [1.807, 2.05) is 12.3 Å². The number of amides is 2. The van der Waals surface area contributed by atoms with Gasteiger partial charge in [0.25, 0.3) is 0 Å². The molecular weight excluding hydrogens is 298 g/mol. The molecular formula is C16H17N3O2S. The van der Waals surface area contributed by atoms with Crippen LogP contribution in [0.2, 0.25) is 0 Å². The van der Waals surface area contributed by atoms with Gasteiger partial charge in [0.2, 0.25) is 11.8 Å². The number of aromatic nitrogens is 1. The lowest BCUT2D eigenvalue weighted by atomic mass is 10.2. The molecule has 1 aliphatic carbocycles. The Morgan fingerprint density at radius 3 is 2.36 bits per heavy atom. The summed E-state index contributed by atoms with van der Waals surface area (Å²) < 4.78 is 0. The molecule has 1 fully saturated rings. The molecule has 1 aromatic heterocycles. The molecule has 0 unspecified atom stereocenters. The van der Waals surface area contributed by atoms with Crippen molar-refractivity contribution in [2.45, 2.75) is 26.2 Å². The minimum absolute atomic E-state index is 0.0793. The lowest BCUT2D eigenvalue weighted by Crippen LogP contribution is -2.15. The van der Waals surface area contributed by atoms with E-state index in [2.05, 4.69) is 15.6 Å². The Morgan fingerprint density at radius 1 is 1.18 bits per heavy atom. The summed E-state index contributed by atoms with van der Waals surface area (Å²) >= 11 is 1.54. The Labute approximate surface area is 132 Å². The van der Waals surface area contributed by atoms with Crippen molar-refractivity contribution in [1.82, 2.24) is 4.98 Å². The summed E-state index contributed by atoms with van der Waals surface area (Å²) in [5.41, 5.74) is 2.25. The second-order valence-corrected chi connectivity index (χ2v) is 6.49. The van der Waals surface area contributed by atoms with Crippen LogP contribution in [0.15, 0.2) is 29.6 Å². The number of anilines is 2. The van der Waals surface area contributed by atoms with E-state index in [9.17, 15) is 9.59 Å². The van der Waals surface area contributed by atoms with Crippen LogP contribution in [0.5, 0.6) is 0 Å². The van der Waals surface area contributed by atoms with Gasteiger partial charge in [0, 0.05) is 22.7 Å². The van der Waals surface area contributed by atoms with E-state index in [4.69, 9.17) is 0 Å². The van der Waals surface area contributed by atoms with Gasteiger partial charge in [-0.25, -0.2) is 4.98 Å². The number of carbonyl (C=O) groups excluding carboxylic acids is 2. The largest absolute Gasteiger partial charge is 0.326 e. The first-order valence-electron chi connectivity index (χ1n) is 7.22. The molecule has 0 spiro atoms. The summed E-state index contributed by atoms with van der Waals surface area (Å²) in [5.74, 6) is 0.164. The fourth-order valence-electron chi connectivity index (χ4n) is 2.09. The average Bonchev–Trinajstić information content (AvgIpc) is 3.25. The lowest BCUT2D eigenvalue weighted by molar-refractivity contribution is -0.117. The van der Waals surface area contributed by atoms with Crippen LogP contribution < -0.4 is 10.6 Å². The van der Waals surface area contributed by atoms with Gasteiger partial charge in [-0.3, -0.25) is 9.59 Å². The van der Waals surface area contributed by atoms with Gasteiger partial charge in [-0.2, -0.15) is 0 Å². The van der Waals surface area contributed by atoms with Crippen LogP contribution in [0.1, 0.15) is 23.5 Å². The van der Waals surface area contributed by atoms with Crippen molar-refractivity contribution in [2.24, 2.45) is 5.92 Å². The number of benzene rings is 1. The monoisotopic (exact) mass is 315 g/mol. The van der Waals surface area contributed by atoms with Crippen molar-refractivity contribution in [1.29, 1.82) is 0 Å². The summed E-state index contributed by atoms with van der Waals surface area (Å²) in [6, 6.07) is 7.16. The maximum Gasteiger partial charge on any atom is 0.230 e. The molecule has 6 heteroatoms. The van der Waals surface area contributed by atoms with Crippen molar-refractivity contribution in [3.05, 3.63) is 40.3 Å². The molecule has 0 radical (unpaired) electrons. The Hall–Kier alpha value is -2.21. The first-order valence-corrected chi connectivity index (χ1v) is 8.10. The summed E-state index contributed by atoms with van der Waals surface area (Å²) in [7, 11) is 0. The number of nitrogens with one attached hydrogen (secondary N) is 2. The highest BCUT2D eigenvalue weighted by molar-refractivity contribution is 7.09. The molecule has 0 atom stereocenters. The SMILES string of the molecule is Cc1nc(CC(=O)Nc2ccc(NC(=O)C3CC3)cc2)cs1. The molecule has 1 aromatic carbocycles. The molecule has 1 aliphatic rings. The highest BCUT2D eigenvalue weighted by Crippen LogP contribution is 2.30. The number of hydrogen-bond donors (Lipinski definition) is 2. The Bertz CT molecular complexity index is 690. The van der Waals surface area contributed by atoms with Crippen LogP contribution in [0.4, 0.5) is 11.4 Å². The summed E-state index contributed by atoms with van der Waals surface area (Å²) in [6.45, 7) is 1.92. The van der Waals surface area contributed by atoms with Gasteiger partial charge < -0.3 is 10.6 Å². The van der Waals surface area contributed by atoms with Crippen molar-refractivity contribution in [3.8, 4) is 0 Å². The van der Waals surface area contributed by atoms with E-state index in [1.165, 1.54) is 11.3 Å². The quantitative estimate of drug-likeness (QED) is 0.891. The van der Waals surface area contributed by atoms with Crippen LogP contribution >= 0.6 is 11.3 Å². The third-order valence-corrected chi connectivity index (χ3v) is 4.21. The summed E-state index contributed by atoms with van der Waals surface area (Å²) in [4.78, 5) is 27.9. The third-order valence-electron chi connectivity index (χ3n) is 3.39. The highest BCUT2D eigenvalue weighted by atomic mass is 32.1. The van der Waals surface area contributed by atoms with Crippen LogP contribution in [0, 0.1) is 12.8 Å². The van der Waals surface area contributed by atoms with E-state index in [1.54, 1.807) is 24.3 Å². The fourth-order valence-corrected chi connectivity index (χ4v) is 2.70. The minimum Gasteiger partial charge on any atom is -0.326 e. The van der Waals surface area contributed by atoms with Crippen LogP contribution in [-0.4, -0.2) is 16.8 Å². The maximum atomic E-state index is 11.9. The molecule has 0 bridgehead atoms. The highest BCUT2D eigenvalue weighted by Gasteiger charge is 2.29. The molecule has 114 valence electrons. The lowest BCUT2D eigenvalue weighted by Gasteiger charge is -2.07. The van der Waals surface area contributed by atoms with E-state index >= 15 is 0 Å². The Balaban J connectivity index is 1.53.